The maximum absolute atomic E-state index is 12.2. The fraction of sp³-hybridized carbons (Fsp3) is 0.375. The number of rotatable bonds is 6. The minimum Gasteiger partial charge on any atom is -0.496 e. The van der Waals surface area contributed by atoms with Gasteiger partial charge in [0.1, 0.15) is 5.75 Å². The van der Waals surface area contributed by atoms with Crippen molar-refractivity contribution in [3.05, 3.63) is 41.7 Å². The van der Waals surface area contributed by atoms with E-state index in [1.165, 1.54) is 0 Å². The molecule has 0 saturated heterocycles. The average molecular weight is 334 g/mol. The number of methoxy groups -OCH3 is 1. The van der Waals surface area contributed by atoms with Gasteiger partial charge in [-0.2, -0.15) is 5.10 Å². The van der Waals surface area contributed by atoms with Crippen LogP contribution in [0.1, 0.15) is 11.1 Å². The second kappa shape index (κ2) is 7.92. The molecule has 0 unspecified atom stereocenters. The van der Waals surface area contributed by atoms with Crippen LogP contribution in [-0.4, -0.2) is 41.1 Å². The van der Waals surface area contributed by atoms with Crippen LogP contribution in [0, 0.1) is 0 Å². The van der Waals surface area contributed by atoms with Crippen molar-refractivity contribution in [1.82, 2.24) is 20.0 Å². The highest BCUT2D eigenvalue weighted by atomic mass is 32.2. The Balaban J connectivity index is 1.92. The van der Waals surface area contributed by atoms with Crippen molar-refractivity contribution < 1.29 is 9.53 Å². The summed E-state index contributed by atoms with van der Waals surface area (Å²) in [6, 6.07) is 5.87. The Morgan fingerprint density at radius 1 is 1.43 bits per heavy atom. The van der Waals surface area contributed by atoms with Crippen LogP contribution >= 0.6 is 11.8 Å². The van der Waals surface area contributed by atoms with Crippen LogP contribution in [0.15, 0.2) is 35.5 Å². The number of hydrogen-bond acceptors (Lipinski definition) is 4. The summed E-state index contributed by atoms with van der Waals surface area (Å²) in [7, 11) is 5.28. The maximum Gasteiger partial charge on any atom is 0.317 e. The minimum atomic E-state index is -0.123. The topological polar surface area (TPSA) is 59.4 Å². The lowest BCUT2D eigenvalue weighted by atomic mass is 10.2. The molecule has 1 aromatic carbocycles. The van der Waals surface area contributed by atoms with Crippen molar-refractivity contribution in [1.29, 1.82) is 0 Å². The molecule has 0 saturated carbocycles. The number of benzene rings is 1. The zero-order valence-electron chi connectivity index (χ0n) is 13.9. The van der Waals surface area contributed by atoms with Crippen LogP contribution in [-0.2, 0) is 20.1 Å². The summed E-state index contributed by atoms with van der Waals surface area (Å²) in [5.41, 5.74) is 2.00. The summed E-state index contributed by atoms with van der Waals surface area (Å²) in [6.07, 6.45) is 5.63. The predicted molar refractivity (Wildman–Crippen MR) is 91.7 cm³/mol. The number of thioether (sulfide) groups is 1. The second-order valence-electron chi connectivity index (χ2n) is 5.23. The van der Waals surface area contributed by atoms with Gasteiger partial charge in [0, 0.05) is 43.8 Å². The van der Waals surface area contributed by atoms with Crippen LogP contribution < -0.4 is 10.1 Å². The number of urea groups is 1. The molecular formula is C16H22N4O2S. The molecule has 0 spiro atoms. The Morgan fingerprint density at radius 2 is 2.22 bits per heavy atom. The third kappa shape index (κ3) is 4.66. The number of ether oxygens (including phenoxy) is 1. The third-order valence-electron chi connectivity index (χ3n) is 3.42. The van der Waals surface area contributed by atoms with Crippen LogP contribution in [0.25, 0.3) is 0 Å². The molecule has 0 aliphatic rings. The number of aryl methyl sites for hydroxylation is 1. The molecule has 0 aliphatic carbocycles. The molecule has 1 heterocycles. The predicted octanol–water partition coefficient (Wildman–Crippen LogP) is 2.49. The molecule has 6 nitrogen and oxygen atoms in total. The first-order chi connectivity index (χ1) is 11.0. The van der Waals surface area contributed by atoms with Crippen LogP contribution in [0.3, 0.4) is 0 Å². The van der Waals surface area contributed by atoms with E-state index in [-0.39, 0.29) is 6.03 Å². The number of hydrogen-bond donors (Lipinski definition) is 1. The monoisotopic (exact) mass is 334 g/mol. The van der Waals surface area contributed by atoms with Crippen molar-refractivity contribution in [2.24, 2.45) is 7.05 Å². The summed E-state index contributed by atoms with van der Waals surface area (Å²) in [6.45, 7) is 0.982. The fourth-order valence-electron chi connectivity index (χ4n) is 2.20. The molecule has 23 heavy (non-hydrogen) atoms. The average Bonchev–Trinajstić information content (AvgIpc) is 2.97. The van der Waals surface area contributed by atoms with E-state index in [4.69, 9.17) is 4.74 Å². The van der Waals surface area contributed by atoms with E-state index in [0.717, 1.165) is 21.8 Å². The number of aromatic nitrogens is 2. The van der Waals surface area contributed by atoms with Gasteiger partial charge in [0.15, 0.2) is 0 Å². The van der Waals surface area contributed by atoms with Gasteiger partial charge in [0.25, 0.3) is 0 Å². The van der Waals surface area contributed by atoms with E-state index in [1.807, 2.05) is 37.7 Å². The number of amides is 2. The van der Waals surface area contributed by atoms with E-state index in [1.54, 1.807) is 41.7 Å². The van der Waals surface area contributed by atoms with Crippen molar-refractivity contribution in [2.45, 2.75) is 18.0 Å². The Bertz CT molecular complexity index is 672. The normalized spacial score (nSPS) is 10.4. The van der Waals surface area contributed by atoms with E-state index >= 15 is 0 Å². The summed E-state index contributed by atoms with van der Waals surface area (Å²) >= 11 is 1.64. The van der Waals surface area contributed by atoms with Gasteiger partial charge in [0.2, 0.25) is 0 Å². The molecule has 0 radical (unpaired) electrons. The van der Waals surface area contributed by atoms with Crippen molar-refractivity contribution in [2.75, 3.05) is 20.4 Å². The van der Waals surface area contributed by atoms with Crippen LogP contribution in [0.4, 0.5) is 4.79 Å². The fourth-order valence-corrected chi connectivity index (χ4v) is 2.75. The molecule has 2 amide bonds. The summed E-state index contributed by atoms with van der Waals surface area (Å²) < 4.78 is 7.09. The lowest BCUT2D eigenvalue weighted by Crippen LogP contribution is -2.36. The Labute approximate surface area is 140 Å². The minimum absolute atomic E-state index is 0.123. The van der Waals surface area contributed by atoms with E-state index in [9.17, 15) is 4.79 Å². The third-order valence-corrected chi connectivity index (χ3v) is 4.19. The van der Waals surface area contributed by atoms with Gasteiger partial charge in [-0.05, 0) is 24.0 Å². The molecule has 124 valence electrons. The van der Waals surface area contributed by atoms with Crippen molar-refractivity contribution >= 4 is 17.8 Å². The first-order valence-electron chi connectivity index (χ1n) is 7.21. The van der Waals surface area contributed by atoms with Crippen LogP contribution in [0.2, 0.25) is 0 Å². The zero-order chi connectivity index (χ0) is 16.8. The standard InChI is InChI=1S/C16H22N4O2S/c1-19(16(21)17-8-13-9-18-20(2)11-13)10-12-5-6-15(23-4)14(7-12)22-3/h5-7,9,11H,8,10H2,1-4H3,(H,17,21). The second-order valence-corrected chi connectivity index (χ2v) is 6.07. The smallest absolute Gasteiger partial charge is 0.317 e. The van der Waals surface area contributed by atoms with Gasteiger partial charge in [-0.1, -0.05) is 6.07 Å². The first-order valence-corrected chi connectivity index (χ1v) is 8.43. The highest BCUT2D eigenvalue weighted by Gasteiger charge is 2.11. The molecule has 2 rings (SSSR count). The first kappa shape index (κ1) is 17.2. The molecular weight excluding hydrogens is 312 g/mol. The Kier molecular flexibility index (Phi) is 5.92. The van der Waals surface area contributed by atoms with E-state index in [2.05, 4.69) is 10.4 Å². The zero-order valence-corrected chi connectivity index (χ0v) is 14.7. The highest BCUT2D eigenvalue weighted by Crippen LogP contribution is 2.28. The van der Waals surface area contributed by atoms with Gasteiger partial charge >= 0.3 is 6.03 Å². The van der Waals surface area contributed by atoms with Gasteiger partial charge in [-0.25, -0.2) is 4.79 Å². The van der Waals surface area contributed by atoms with Crippen LogP contribution in [0.5, 0.6) is 5.75 Å². The van der Waals surface area contributed by atoms with Crippen molar-refractivity contribution in [3.8, 4) is 5.75 Å². The Morgan fingerprint density at radius 3 is 2.83 bits per heavy atom. The molecule has 0 bridgehead atoms. The van der Waals surface area contributed by atoms with E-state index in [0.29, 0.717) is 13.1 Å². The molecule has 0 atom stereocenters. The van der Waals surface area contributed by atoms with Gasteiger partial charge in [-0.15, -0.1) is 11.8 Å². The molecule has 7 heteroatoms. The maximum atomic E-state index is 12.2. The lowest BCUT2D eigenvalue weighted by Gasteiger charge is -2.18. The SMILES string of the molecule is COc1cc(CN(C)C(=O)NCc2cnn(C)c2)ccc1SC. The lowest BCUT2D eigenvalue weighted by molar-refractivity contribution is 0.206. The molecule has 1 aromatic heterocycles. The summed E-state index contributed by atoms with van der Waals surface area (Å²) in [5.74, 6) is 0.833. The molecule has 0 aliphatic heterocycles. The number of nitrogens with zero attached hydrogens (tertiary/aromatic N) is 3. The number of carbonyl (C=O) groups is 1. The quantitative estimate of drug-likeness (QED) is 0.825. The summed E-state index contributed by atoms with van der Waals surface area (Å²) in [5, 5.41) is 6.96. The number of carbonyl (C=O) groups excluding carboxylic acids is 1. The van der Waals surface area contributed by atoms with Crippen molar-refractivity contribution in [3.63, 3.8) is 0 Å². The van der Waals surface area contributed by atoms with E-state index < -0.39 is 0 Å². The highest BCUT2D eigenvalue weighted by molar-refractivity contribution is 7.98. The molecule has 1 N–H and O–H groups in total. The molecule has 2 aromatic rings. The molecule has 0 fully saturated rings. The van der Waals surface area contributed by atoms with Gasteiger partial charge in [0.05, 0.1) is 13.3 Å². The Hall–Kier alpha value is -2.15. The summed E-state index contributed by atoms with van der Waals surface area (Å²) in [4.78, 5) is 14.9. The largest absolute Gasteiger partial charge is 0.496 e. The van der Waals surface area contributed by atoms with Gasteiger partial charge < -0.3 is 15.0 Å². The van der Waals surface area contributed by atoms with Gasteiger partial charge in [-0.3, -0.25) is 4.68 Å². The number of nitrogens with one attached hydrogen (secondary N) is 1.